The van der Waals surface area contributed by atoms with Crippen LogP contribution in [0.5, 0.6) is 0 Å². The molecule has 168 valence electrons. The number of pyridine rings is 1. The van der Waals surface area contributed by atoms with Gasteiger partial charge in [-0.25, -0.2) is 36.9 Å². The normalized spacial score (nSPS) is 13.5. The molecule has 0 saturated carbocycles. The maximum Gasteiger partial charge on any atom is 0.213 e. The summed E-state index contributed by atoms with van der Waals surface area (Å²) >= 11 is 0. The highest BCUT2D eigenvalue weighted by atomic mass is 32.2. The van der Waals surface area contributed by atoms with E-state index in [9.17, 15) is 17.2 Å². The minimum absolute atomic E-state index is 0.130. The fourth-order valence-electron chi connectivity index (χ4n) is 2.97. The van der Waals surface area contributed by atoms with Crippen LogP contribution in [0.15, 0.2) is 24.7 Å². The molecule has 0 spiro atoms. The number of fused-ring (bicyclic) bond motifs is 1. The molecule has 31 heavy (non-hydrogen) atoms. The van der Waals surface area contributed by atoms with Crippen molar-refractivity contribution in [3.05, 3.63) is 36.3 Å². The van der Waals surface area contributed by atoms with Crippen molar-refractivity contribution in [3.63, 3.8) is 0 Å². The van der Waals surface area contributed by atoms with Crippen molar-refractivity contribution in [2.24, 2.45) is 5.41 Å². The van der Waals surface area contributed by atoms with Gasteiger partial charge in [-0.05, 0) is 17.9 Å². The first kappa shape index (κ1) is 23.0. The molecule has 0 fully saturated rings. The zero-order chi connectivity index (χ0) is 22.8. The standard InChI is InChI=1S/C20H26F2N6O2S/c1-5-6-26-31(29,30)11-16(20(2,3)4)27-19-15(22)10-25-18(28-19)14-9-24-17-13(14)7-12(21)8-23-17/h7-10,16,26H,5-6,11H2,1-4H3,(H,23,24)(H,25,27,28)/t16-/m1/s1. The lowest BCUT2D eigenvalue weighted by atomic mass is 9.88. The molecular formula is C20H26F2N6O2S. The SMILES string of the molecule is CCCNS(=O)(=O)C[C@@H](Nc1nc(-c2c[nH]c3ncc(F)cc23)ncc1F)C(C)(C)C. The number of rotatable bonds is 8. The molecule has 0 aliphatic rings. The number of aromatic amines is 1. The van der Waals surface area contributed by atoms with Crippen LogP contribution in [0.4, 0.5) is 14.6 Å². The summed E-state index contributed by atoms with van der Waals surface area (Å²) in [4.78, 5) is 15.1. The average molecular weight is 453 g/mol. The van der Waals surface area contributed by atoms with Gasteiger partial charge in [0.15, 0.2) is 17.5 Å². The van der Waals surface area contributed by atoms with E-state index in [0.717, 1.165) is 12.4 Å². The largest absolute Gasteiger partial charge is 0.363 e. The summed E-state index contributed by atoms with van der Waals surface area (Å²) in [6.07, 6.45) is 4.31. The van der Waals surface area contributed by atoms with Gasteiger partial charge in [-0.2, -0.15) is 0 Å². The van der Waals surface area contributed by atoms with Crippen molar-refractivity contribution in [1.29, 1.82) is 0 Å². The molecule has 0 aromatic carbocycles. The maximum absolute atomic E-state index is 14.5. The number of H-pyrrole nitrogens is 1. The van der Waals surface area contributed by atoms with E-state index in [1.165, 1.54) is 6.07 Å². The van der Waals surface area contributed by atoms with Crippen LogP contribution in [0.3, 0.4) is 0 Å². The van der Waals surface area contributed by atoms with Crippen molar-refractivity contribution in [2.75, 3.05) is 17.6 Å². The molecule has 3 heterocycles. The van der Waals surface area contributed by atoms with Gasteiger partial charge in [0.25, 0.3) is 0 Å². The Balaban J connectivity index is 1.95. The van der Waals surface area contributed by atoms with Crippen molar-refractivity contribution in [1.82, 2.24) is 24.7 Å². The van der Waals surface area contributed by atoms with Crippen molar-refractivity contribution < 1.29 is 17.2 Å². The van der Waals surface area contributed by atoms with Crippen LogP contribution in [0.2, 0.25) is 0 Å². The number of halogens is 2. The van der Waals surface area contributed by atoms with Crippen LogP contribution in [0.25, 0.3) is 22.4 Å². The van der Waals surface area contributed by atoms with Gasteiger partial charge in [0.05, 0.1) is 18.1 Å². The summed E-state index contributed by atoms with van der Waals surface area (Å²) in [5, 5.41) is 3.39. The minimum Gasteiger partial charge on any atom is -0.363 e. The summed E-state index contributed by atoms with van der Waals surface area (Å²) in [6, 6.07) is 0.652. The van der Waals surface area contributed by atoms with Gasteiger partial charge >= 0.3 is 0 Å². The predicted molar refractivity (Wildman–Crippen MR) is 116 cm³/mol. The lowest BCUT2D eigenvalue weighted by Gasteiger charge is -2.31. The lowest BCUT2D eigenvalue weighted by molar-refractivity contribution is 0.357. The molecule has 0 aliphatic carbocycles. The third-order valence-corrected chi connectivity index (χ3v) is 6.21. The number of hydrogen-bond donors (Lipinski definition) is 3. The van der Waals surface area contributed by atoms with Gasteiger partial charge in [-0.3, -0.25) is 0 Å². The Kier molecular flexibility index (Phi) is 6.56. The molecule has 11 heteroatoms. The number of hydrogen-bond acceptors (Lipinski definition) is 6. The number of sulfonamides is 1. The third-order valence-electron chi connectivity index (χ3n) is 4.80. The van der Waals surface area contributed by atoms with E-state index < -0.39 is 33.1 Å². The average Bonchev–Trinajstić information content (AvgIpc) is 3.09. The van der Waals surface area contributed by atoms with Crippen LogP contribution in [0.1, 0.15) is 34.1 Å². The molecule has 3 aromatic rings. The van der Waals surface area contributed by atoms with Gasteiger partial charge < -0.3 is 10.3 Å². The zero-order valence-corrected chi connectivity index (χ0v) is 18.6. The predicted octanol–water partition coefficient (Wildman–Crippen LogP) is 3.45. The highest BCUT2D eigenvalue weighted by Crippen LogP contribution is 2.29. The first-order valence-electron chi connectivity index (χ1n) is 9.89. The topological polar surface area (TPSA) is 113 Å². The van der Waals surface area contributed by atoms with E-state index in [-0.39, 0.29) is 17.4 Å². The molecule has 1 atom stereocenters. The molecule has 0 aliphatic heterocycles. The fraction of sp³-hybridized carbons (Fsp3) is 0.450. The smallest absolute Gasteiger partial charge is 0.213 e. The van der Waals surface area contributed by atoms with Crippen LogP contribution in [0, 0.1) is 17.0 Å². The Hall–Kier alpha value is -2.66. The second-order valence-corrected chi connectivity index (χ2v) is 10.2. The number of nitrogens with one attached hydrogen (secondary N) is 3. The molecule has 3 N–H and O–H groups in total. The van der Waals surface area contributed by atoms with E-state index in [1.807, 2.05) is 27.7 Å². The summed E-state index contributed by atoms with van der Waals surface area (Å²) in [5.74, 6) is -1.47. The maximum atomic E-state index is 14.5. The van der Waals surface area contributed by atoms with Gasteiger partial charge in [0.1, 0.15) is 11.5 Å². The van der Waals surface area contributed by atoms with E-state index in [4.69, 9.17) is 0 Å². The highest BCUT2D eigenvalue weighted by Gasteiger charge is 2.31. The minimum atomic E-state index is -3.58. The quantitative estimate of drug-likeness (QED) is 0.483. The Morgan fingerprint density at radius 3 is 2.61 bits per heavy atom. The van der Waals surface area contributed by atoms with E-state index >= 15 is 0 Å². The van der Waals surface area contributed by atoms with Crippen molar-refractivity contribution >= 4 is 26.9 Å². The molecule has 0 bridgehead atoms. The monoisotopic (exact) mass is 452 g/mol. The molecule has 0 unspecified atom stereocenters. The van der Waals surface area contributed by atoms with Gasteiger partial charge in [-0.15, -0.1) is 0 Å². The summed E-state index contributed by atoms with van der Waals surface area (Å²) in [5.41, 5.74) is 0.376. The Morgan fingerprint density at radius 2 is 1.94 bits per heavy atom. The summed E-state index contributed by atoms with van der Waals surface area (Å²) < 4.78 is 55.6. The van der Waals surface area contributed by atoms with Crippen LogP contribution >= 0.6 is 0 Å². The first-order chi connectivity index (χ1) is 14.5. The summed E-state index contributed by atoms with van der Waals surface area (Å²) in [6.45, 7) is 7.76. The highest BCUT2D eigenvalue weighted by molar-refractivity contribution is 7.89. The van der Waals surface area contributed by atoms with Gasteiger partial charge in [-0.1, -0.05) is 27.7 Å². The molecule has 3 rings (SSSR count). The number of anilines is 1. The molecule has 8 nitrogen and oxygen atoms in total. The second kappa shape index (κ2) is 8.83. The molecule has 0 saturated heterocycles. The van der Waals surface area contributed by atoms with Gasteiger partial charge in [0, 0.05) is 29.7 Å². The van der Waals surface area contributed by atoms with E-state index in [0.29, 0.717) is 29.6 Å². The fourth-order valence-corrected chi connectivity index (χ4v) is 4.63. The second-order valence-electron chi connectivity index (χ2n) is 8.38. The van der Waals surface area contributed by atoms with E-state index in [1.54, 1.807) is 6.20 Å². The molecule has 0 radical (unpaired) electrons. The van der Waals surface area contributed by atoms with Crippen LogP contribution in [-0.4, -0.2) is 46.7 Å². The van der Waals surface area contributed by atoms with Crippen LogP contribution in [-0.2, 0) is 10.0 Å². The Morgan fingerprint density at radius 1 is 1.19 bits per heavy atom. The molecular weight excluding hydrogens is 426 g/mol. The zero-order valence-electron chi connectivity index (χ0n) is 17.8. The number of nitrogens with zero attached hydrogens (tertiary/aromatic N) is 3. The lowest BCUT2D eigenvalue weighted by Crippen LogP contribution is -2.44. The molecule has 0 amide bonds. The Labute approximate surface area is 180 Å². The van der Waals surface area contributed by atoms with Crippen molar-refractivity contribution in [2.45, 2.75) is 40.2 Å². The third kappa shape index (κ3) is 5.53. The Bertz CT molecular complexity index is 1170. The van der Waals surface area contributed by atoms with Crippen molar-refractivity contribution in [3.8, 4) is 11.4 Å². The first-order valence-corrected chi connectivity index (χ1v) is 11.5. The molecule has 3 aromatic heterocycles. The van der Waals surface area contributed by atoms with E-state index in [2.05, 4.69) is 30.0 Å². The van der Waals surface area contributed by atoms with Crippen LogP contribution < -0.4 is 10.0 Å². The summed E-state index contributed by atoms with van der Waals surface area (Å²) in [7, 11) is -3.58. The number of aromatic nitrogens is 4. The van der Waals surface area contributed by atoms with Gasteiger partial charge in [0.2, 0.25) is 10.0 Å².